The lowest BCUT2D eigenvalue weighted by molar-refractivity contribution is 0.0684. The summed E-state index contributed by atoms with van der Waals surface area (Å²) in [6.45, 7) is 0. The monoisotopic (exact) mass is 204 g/mol. The lowest BCUT2D eigenvalue weighted by atomic mass is 10.2. The fourth-order valence-corrected chi connectivity index (χ4v) is 1.67. The molecular weight excluding hydrogens is 196 g/mol. The predicted octanol–water partition coefficient (Wildman–Crippen LogP) is 1.08. The summed E-state index contributed by atoms with van der Waals surface area (Å²) in [5.41, 5.74) is 0.642. The van der Waals surface area contributed by atoms with Gasteiger partial charge in [0.05, 0.1) is 5.56 Å². The van der Waals surface area contributed by atoms with Crippen molar-refractivity contribution < 1.29 is 14.7 Å². The molecule has 2 heterocycles. The smallest absolute Gasteiger partial charge is 0.353 e. The summed E-state index contributed by atoms with van der Waals surface area (Å²) in [7, 11) is 1.58. The van der Waals surface area contributed by atoms with Crippen LogP contribution in [0.3, 0.4) is 0 Å². The molecule has 0 amide bonds. The number of aldehydes is 1. The minimum Gasteiger partial charge on any atom is -0.477 e. The molecule has 76 valence electrons. The highest BCUT2D eigenvalue weighted by Crippen LogP contribution is 2.21. The van der Waals surface area contributed by atoms with Crippen molar-refractivity contribution in [3.8, 4) is 0 Å². The van der Waals surface area contributed by atoms with Gasteiger partial charge in [-0.1, -0.05) is 0 Å². The van der Waals surface area contributed by atoms with Gasteiger partial charge in [-0.2, -0.15) is 0 Å². The van der Waals surface area contributed by atoms with Crippen molar-refractivity contribution >= 4 is 23.3 Å². The van der Waals surface area contributed by atoms with Crippen LogP contribution in [-0.4, -0.2) is 26.9 Å². The second-order valence-electron chi connectivity index (χ2n) is 3.12. The number of fused-ring (bicyclic) bond motifs is 1. The highest BCUT2D eigenvalue weighted by Gasteiger charge is 2.20. The summed E-state index contributed by atoms with van der Waals surface area (Å²) in [5.74, 6) is -1.13. The number of pyridine rings is 1. The minimum atomic E-state index is -1.13. The molecular formula is C10H8N2O3. The molecule has 0 aliphatic carbocycles. The van der Waals surface area contributed by atoms with Crippen LogP contribution in [0.4, 0.5) is 0 Å². The molecule has 0 bridgehead atoms. The van der Waals surface area contributed by atoms with E-state index in [-0.39, 0.29) is 11.3 Å². The number of aromatic nitrogens is 2. The number of carboxylic acid groups (broad SMARTS) is 1. The first-order valence-electron chi connectivity index (χ1n) is 4.28. The average Bonchev–Trinajstić information content (AvgIpc) is 2.52. The maximum atomic E-state index is 11.0. The van der Waals surface area contributed by atoms with Crippen LogP contribution in [0.15, 0.2) is 18.3 Å². The molecule has 15 heavy (non-hydrogen) atoms. The molecule has 2 aromatic rings. The van der Waals surface area contributed by atoms with E-state index in [1.165, 1.54) is 4.57 Å². The first kappa shape index (κ1) is 9.39. The zero-order chi connectivity index (χ0) is 11.0. The maximum absolute atomic E-state index is 11.0. The number of nitrogens with zero attached hydrogens (tertiary/aromatic N) is 2. The third-order valence-corrected chi connectivity index (χ3v) is 2.31. The van der Waals surface area contributed by atoms with Crippen LogP contribution in [0.5, 0.6) is 0 Å². The van der Waals surface area contributed by atoms with Gasteiger partial charge in [-0.25, -0.2) is 9.78 Å². The molecule has 0 aromatic carbocycles. The van der Waals surface area contributed by atoms with Crippen LogP contribution in [-0.2, 0) is 7.05 Å². The molecule has 0 unspecified atom stereocenters. The van der Waals surface area contributed by atoms with Crippen molar-refractivity contribution in [2.24, 2.45) is 7.05 Å². The topological polar surface area (TPSA) is 72.2 Å². The normalized spacial score (nSPS) is 10.5. The predicted molar refractivity (Wildman–Crippen MR) is 53.1 cm³/mol. The molecule has 5 heteroatoms. The van der Waals surface area contributed by atoms with Gasteiger partial charge in [0.15, 0.2) is 6.29 Å². The average molecular weight is 204 g/mol. The van der Waals surface area contributed by atoms with Crippen molar-refractivity contribution in [3.05, 3.63) is 29.6 Å². The van der Waals surface area contributed by atoms with Crippen LogP contribution in [0.2, 0.25) is 0 Å². The Kier molecular flexibility index (Phi) is 2.00. The summed E-state index contributed by atoms with van der Waals surface area (Å²) < 4.78 is 1.40. The van der Waals surface area contributed by atoms with E-state index in [0.29, 0.717) is 17.3 Å². The molecule has 0 saturated carbocycles. The first-order valence-corrected chi connectivity index (χ1v) is 4.28. The fourth-order valence-electron chi connectivity index (χ4n) is 1.67. The lowest BCUT2D eigenvalue weighted by Crippen LogP contribution is -2.07. The molecule has 5 nitrogen and oxygen atoms in total. The number of carboxylic acids is 1. The second kappa shape index (κ2) is 3.20. The fraction of sp³-hybridized carbons (Fsp3) is 0.100. The van der Waals surface area contributed by atoms with Crippen molar-refractivity contribution in [2.45, 2.75) is 0 Å². The standard InChI is InChI=1S/C10H8N2O3/c1-12-8(10(14)15)7(5-13)6-3-2-4-11-9(6)12/h2-5H,1H3,(H,14,15). The molecule has 0 fully saturated rings. The van der Waals surface area contributed by atoms with E-state index in [0.717, 1.165) is 0 Å². The van der Waals surface area contributed by atoms with Gasteiger partial charge in [0.2, 0.25) is 0 Å². The lowest BCUT2D eigenvalue weighted by Gasteiger charge is -1.97. The van der Waals surface area contributed by atoms with Gasteiger partial charge in [-0.3, -0.25) is 4.79 Å². The van der Waals surface area contributed by atoms with Crippen LogP contribution in [0.25, 0.3) is 11.0 Å². The number of carbonyl (C=O) groups is 2. The van der Waals surface area contributed by atoms with Gasteiger partial charge in [0, 0.05) is 18.6 Å². The number of aryl methyl sites for hydroxylation is 1. The van der Waals surface area contributed by atoms with Gasteiger partial charge in [-0.05, 0) is 12.1 Å². The molecule has 2 rings (SSSR count). The van der Waals surface area contributed by atoms with Crippen molar-refractivity contribution in [1.29, 1.82) is 0 Å². The van der Waals surface area contributed by atoms with E-state index in [4.69, 9.17) is 5.11 Å². The largest absolute Gasteiger partial charge is 0.477 e. The highest BCUT2D eigenvalue weighted by atomic mass is 16.4. The Labute approximate surface area is 85.0 Å². The Balaban J connectivity index is 2.96. The van der Waals surface area contributed by atoms with E-state index in [2.05, 4.69) is 4.98 Å². The summed E-state index contributed by atoms with van der Waals surface area (Å²) in [6.07, 6.45) is 2.11. The third-order valence-electron chi connectivity index (χ3n) is 2.31. The summed E-state index contributed by atoms with van der Waals surface area (Å²) in [6, 6.07) is 3.35. The minimum absolute atomic E-state index is 0.0290. The number of hydrogen-bond acceptors (Lipinski definition) is 3. The van der Waals surface area contributed by atoms with Gasteiger partial charge >= 0.3 is 5.97 Å². The second-order valence-corrected chi connectivity index (χ2v) is 3.12. The third kappa shape index (κ3) is 1.20. The maximum Gasteiger partial charge on any atom is 0.353 e. The number of rotatable bonds is 2. The number of aromatic carboxylic acids is 1. The van der Waals surface area contributed by atoms with Crippen LogP contribution < -0.4 is 0 Å². The van der Waals surface area contributed by atoms with Crippen molar-refractivity contribution in [2.75, 3.05) is 0 Å². The molecule has 1 N–H and O–H groups in total. The highest BCUT2D eigenvalue weighted by molar-refractivity contribution is 6.07. The Morgan fingerprint density at radius 2 is 2.33 bits per heavy atom. The van der Waals surface area contributed by atoms with Gasteiger partial charge in [-0.15, -0.1) is 0 Å². The van der Waals surface area contributed by atoms with Gasteiger partial charge in [0.25, 0.3) is 0 Å². The van der Waals surface area contributed by atoms with E-state index in [1.54, 1.807) is 25.4 Å². The summed E-state index contributed by atoms with van der Waals surface area (Å²) in [4.78, 5) is 25.9. The summed E-state index contributed by atoms with van der Waals surface area (Å²) in [5, 5.41) is 9.53. The zero-order valence-electron chi connectivity index (χ0n) is 7.97. The Morgan fingerprint density at radius 1 is 1.60 bits per heavy atom. The van der Waals surface area contributed by atoms with Crippen LogP contribution in [0.1, 0.15) is 20.8 Å². The first-order chi connectivity index (χ1) is 7.16. The van der Waals surface area contributed by atoms with E-state index in [1.807, 2.05) is 0 Å². The van der Waals surface area contributed by atoms with Gasteiger partial charge in [0.1, 0.15) is 11.3 Å². The molecule has 0 spiro atoms. The molecule has 0 atom stereocenters. The van der Waals surface area contributed by atoms with Gasteiger partial charge < -0.3 is 9.67 Å². The Morgan fingerprint density at radius 3 is 2.93 bits per heavy atom. The van der Waals surface area contributed by atoms with Crippen LogP contribution >= 0.6 is 0 Å². The SMILES string of the molecule is Cn1c(C(=O)O)c(C=O)c2cccnc21. The van der Waals surface area contributed by atoms with E-state index < -0.39 is 5.97 Å². The van der Waals surface area contributed by atoms with Crippen molar-refractivity contribution in [3.63, 3.8) is 0 Å². The zero-order valence-corrected chi connectivity index (χ0v) is 7.97. The molecule has 0 aliphatic rings. The Hall–Kier alpha value is -2.17. The van der Waals surface area contributed by atoms with E-state index >= 15 is 0 Å². The molecule has 2 aromatic heterocycles. The molecule has 0 saturated heterocycles. The number of carbonyl (C=O) groups excluding carboxylic acids is 1. The molecule has 0 radical (unpaired) electrons. The molecule has 0 aliphatic heterocycles. The van der Waals surface area contributed by atoms with E-state index in [9.17, 15) is 9.59 Å². The van der Waals surface area contributed by atoms with Crippen LogP contribution in [0, 0.1) is 0 Å². The van der Waals surface area contributed by atoms with Crippen molar-refractivity contribution in [1.82, 2.24) is 9.55 Å². The number of hydrogen-bond donors (Lipinski definition) is 1. The quantitative estimate of drug-likeness (QED) is 0.743. The summed E-state index contributed by atoms with van der Waals surface area (Å²) >= 11 is 0. The Bertz CT molecular complexity index is 557.